The second kappa shape index (κ2) is 8.95. The van der Waals surface area contributed by atoms with Gasteiger partial charge in [0.15, 0.2) is 0 Å². The van der Waals surface area contributed by atoms with E-state index >= 15 is 0 Å². The number of benzene rings is 1. The van der Waals surface area contributed by atoms with Crippen molar-refractivity contribution in [1.82, 2.24) is 19.7 Å². The van der Waals surface area contributed by atoms with Gasteiger partial charge in [-0.05, 0) is 63.5 Å². The normalized spacial score (nSPS) is 20.9. The number of ether oxygens (including phenoxy) is 1. The smallest absolute Gasteiger partial charge is 0.251 e. The van der Waals surface area contributed by atoms with Gasteiger partial charge in [0.1, 0.15) is 17.9 Å². The van der Waals surface area contributed by atoms with Gasteiger partial charge in [0.25, 0.3) is 5.91 Å². The zero-order chi connectivity index (χ0) is 21.1. The van der Waals surface area contributed by atoms with Crippen LogP contribution in [0.25, 0.3) is 0 Å². The van der Waals surface area contributed by atoms with Crippen LogP contribution in [0.15, 0.2) is 30.6 Å². The fourth-order valence-corrected chi connectivity index (χ4v) is 4.38. The monoisotopic (exact) mass is 411 g/mol. The van der Waals surface area contributed by atoms with Crippen LogP contribution in [0.2, 0.25) is 0 Å². The first-order valence-corrected chi connectivity index (χ1v) is 10.8. The second-order valence-corrected chi connectivity index (χ2v) is 7.92. The first-order valence-electron chi connectivity index (χ1n) is 10.8. The summed E-state index contributed by atoms with van der Waals surface area (Å²) in [5.41, 5.74) is 0.613. The van der Waals surface area contributed by atoms with E-state index in [1.165, 1.54) is 4.90 Å². The first kappa shape index (κ1) is 20.5. The van der Waals surface area contributed by atoms with E-state index in [0.29, 0.717) is 18.2 Å². The Labute approximate surface area is 176 Å². The van der Waals surface area contributed by atoms with Crippen LogP contribution in [0, 0.1) is 0 Å². The molecule has 0 bridgehead atoms. The number of anilines is 1. The molecule has 2 saturated heterocycles. The van der Waals surface area contributed by atoms with E-state index in [9.17, 15) is 9.59 Å². The van der Waals surface area contributed by atoms with Gasteiger partial charge in [0, 0.05) is 12.5 Å². The summed E-state index contributed by atoms with van der Waals surface area (Å²) in [5, 5.41) is 8.33. The number of hydrogen-bond acceptors (Lipinski definition) is 6. The van der Waals surface area contributed by atoms with Gasteiger partial charge in [-0.3, -0.25) is 14.5 Å². The number of imide groups is 1. The minimum atomic E-state index is -0.376. The lowest BCUT2D eigenvalue weighted by Crippen LogP contribution is -2.45. The maximum Gasteiger partial charge on any atom is 0.251 e. The van der Waals surface area contributed by atoms with E-state index in [1.54, 1.807) is 18.5 Å². The molecule has 8 heteroatoms. The van der Waals surface area contributed by atoms with Gasteiger partial charge in [0.2, 0.25) is 5.91 Å². The fraction of sp³-hybridized carbons (Fsp3) is 0.545. The molecule has 0 radical (unpaired) electrons. The van der Waals surface area contributed by atoms with E-state index in [2.05, 4.69) is 26.6 Å². The molecule has 4 rings (SSSR count). The summed E-state index contributed by atoms with van der Waals surface area (Å²) in [4.78, 5) is 29.2. The molecule has 3 heterocycles. The number of amides is 2. The minimum absolute atomic E-state index is 0.127. The summed E-state index contributed by atoms with van der Waals surface area (Å²) in [6.07, 6.45) is 4.78. The lowest BCUT2D eigenvalue weighted by Gasteiger charge is -2.34. The van der Waals surface area contributed by atoms with Crippen LogP contribution in [0.5, 0.6) is 5.75 Å². The molecule has 2 amide bonds. The highest BCUT2D eigenvalue weighted by molar-refractivity contribution is 6.22. The highest BCUT2D eigenvalue weighted by Gasteiger charge is 2.43. The predicted molar refractivity (Wildman–Crippen MR) is 112 cm³/mol. The third kappa shape index (κ3) is 3.96. The van der Waals surface area contributed by atoms with Gasteiger partial charge in [-0.1, -0.05) is 6.92 Å². The van der Waals surface area contributed by atoms with Crippen molar-refractivity contribution in [3.8, 4) is 5.75 Å². The van der Waals surface area contributed by atoms with Gasteiger partial charge < -0.3 is 9.30 Å². The largest absolute Gasteiger partial charge is 0.494 e. The summed E-state index contributed by atoms with van der Waals surface area (Å²) < 4.78 is 7.68. The van der Waals surface area contributed by atoms with Crippen molar-refractivity contribution in [2.45, 2.75) is 58.0 Å². The first-order chi connectivity index (χ1) is 14.6. The summed E-state index contributed by atoms with van der Waals surface area (Å²) in [6, 6.07) is 6.82. The van der Waals surface area contributed by atoms with Crippen molar-refractivity contribution in [1.29, 1.82) is 0 Å². The molecule has 0 spiro atoms. The number of piperidine rings is 1. The van der Waals surface area contributed by atoms with Crippen LogP contribution in [0.4, 0.5) is 5.69 Å². The van der Waals surface area contributed by atoms with E-state index in [1.807, 2.05) is 19.1 Å². The summed E-state index contributed by atoms with van der Waals surface area (Å²) in [7, 11) is 0. The molecule has 1 atom stereocenters. The SMILES string of the molecule is CCCOc1ccc(N2C(=O)C[C@@H](N3CCC(c4nncn4CC)CC3)C2=O)cc1. The highest BCUT2D eigenvalue weighted by atomic mass is 16.5. The van der Waals surface area contributed by atoms with Gasteiger partial charge in [-0.2, -0.15) is 0 Å². The van der Waals surface area contributed by atoms with Crippen molar-refractivity contribution < 1.29 is 14.3 Å². The maximum atomic E-state index is 13.1. The highest BCUT2D eigenvalue weighted by Crippen LogP contribution is 2.32. The van der Waals surface area contributed by atoms with Gasteiger partial charge >= 0.3 is 0 Å². The second-order valence-electron chi connectivity index (χ2n) is 7.92. The van der Waals surface area contributed by atoms with Gasteiger partial charge in [0.05, 0.1) is 24.8 Å². The van der Waals surface area contributed by atoms with Crippen molar-refractivity contribution >= 4 is 17.5 Å². The number of rotatable bonds is 7. The molecule has 0 N–H and O–H groups in total. The Balaban J connectivity index is 1.40. The number of aryl methyl sites for hydroxylation is 1. The minimum Gasteiger partial charge on any atom is -0.494 e. The predicted octanol–water partition coefficient (Wildman–Crippen LogP) is 2.60. The van der Waals surface area contributed by atoms with Crippen LogP contribution in [-0.2, 0) is 16.1 Å². The number of carbonyl (C=O) groups is 2. The summed E-state index contributed by atoms with van der Waals surface area (Å²) >= 11 is 0. The molecule has 0 aliphatic carbocycles. The Morgan fingerprint density at radius 2 is 1.83 bits per heavy atom. The van der Waals surface area contributed by atoms with Crippen LogP contribution in [0.3, 0.4) is 0 Å². The van der Waals surface area contributed by atoms with Crippen LogP contribution in [0.1, 0.15) is 51.3 Å². The number of hydrogen-bond donors (Lipinski definition) is 0. The molecule has 2 aliphatic heterocycles. The van der Waals surface area contributed by atoms with Crippen LogP contribution < -0.4 is 9.64 Å². The molecule has 0 saturated carbocycles. The molecule has 0 unspecified atom stereocenters. The molecular weight excluding hydrogens is 382 g/mol. The van der Waals surface area contributed by atoms with Gasteiger partial charge in [-0.25, -0.2) is 4.90 Å². The molecular formula is C22H29N5O3. The molecule has 1 aromatic carbocycles. The maximum absolute atomic E-state index is 13.1. The molecule has 30 heavy (non-hydrogen) atoms. The van der Waals surface area contributed by atoms with E-state index < -0.39 is 0 Å². The number of likely N-dealkylation sites (tertiary alicyclic amines) is 1. The lowest BCUT2D eigenvalue weighted by molar-refractivity contribution is -0.123. The molecule has 160 valence electrons. The molecule has 2 aliphatic rings. The number of nitrogens with zero attached hydrogens (tertiary/aromatic N) is 5. The quantitative estimate of drug-likeness (QED) is 0.652. The fourth-order valence-electron chi connectivity index (χ4n) is 4.38. The van der Waals surface area contributed by atoms with Crippen molar-refractivity contribution in [2.75, 3.05) is 24.6 Å². The van der Waals surface area contributed by atoms with Gasteiger partial charge in [-0.15, -0.1) is 10.2 Å². The zero-order valence-electron chi connectivity index (χ0n) is 17.7. The molecule has 2 fully saturated rings. The molecule has 2 aromatic rings. The Bertz CT molecular complexity index is 886. The average Bonchev–Trinajstić information content (AvgIpc) is 3.37. The van der Waals surface area contributed by atoms with Crippen LogP contribution in [-0.4, -0.2) is 57.2 Å². The van der Waals surface area contributed by atoms with E-state index in [4.69, 9.17) is 4.74 Å². The topological polar surface area (TPSA) is 80.6 Å². The summed E-state index contributed by atoms with van der Waals surface area (Å²) in [5.74, 6) is 1.86. The zero-order valence-corrected chi connectivity index (χ0v) is 17.7. The Morgan fingerprint density at radius 3 is 2.50 bits per heavy atom. The van der Waals surface area contributed by atoms with E-state index in [-0.39, 0.29) is 24.3 Å². The van der Waals surface area contributed by atoms with Crippen molar-refractivity contribution in [3.05, 3.63) is 36.4 Å². The number of aromatic nitrogens is 3. The average molecular weight is 412 g/mol. The van der Waals surface area contributed by atoms with Crippen molar-refractivity contribution in [2.24, 2.45) is 0 Å². The number of carbonyl (C=O) groups excluding carboxylic acids is 2. The van der Waals surface area contributed by atoms with E-state index in [0.717, 1.165) is 50.5 Å². The Morgan fingerprint density at radius 1 is 1.10 bits per heavy atom. The molecule has 1 aromatic heterocycles. The van der Waals surface area contributed by atoms with Crippen LogP contribution >= 0.6 is 0 Å². The summed E-state index contributed by atoms with van der Waals surface area (Å²) in [6.45, 7) is 7.20. The third-order valence-electron chi connectivity index (χ3n) is 6.01. The molecule has 8 nitrogen and oxygen atoms in total. The Kier molecular flexibility index (Phi) is 6.13. The standard InChI is InChI=1S/C22H29N5O3/c1-3-13-30-18-7-5-17(6-8-18)27-20(28)14-19(22(27)29)26-11-9-16(10-12-26)21-24-23-15-25(21)4-2/h5-8,15-16,19H,3-4,9-14H2,1-2H3/t19-/m1/s1. The third-order valence-corrected chi connectivity index (χ3v) is 6.01. The lowest BCUT2D eigenvalue weighted by atomic mass is 9.94. The Hall–Kier alpha value is -2.74. The van der Waals surface area contributed by atoms with Crippen molar-refractivity contribution in [3.63, 3.8) is 0 Å².